The molecule has 1 aliphatic heterocycles. The molecule has 1 aliphatic rings. The monoisotopic (exact) mass is 598 g/mol. The average molecular weight is 600 g/mol. The zero-order valence-corrected chi connectivity index (χ0v) is 26.6. The van der Waals surface area contributed by atoms with E-state index in [4.69, 9.17) is 27.9 Å². The quantitative estimate of drug-likeness (QED) is 0.275. The number of phenolic OH excluding ortho intramolecular Hbond substituents is 1. The van der Waals surface area contributed by atoms with Crippen LogP contribution >= 0.6 is 35.0 Å². The van der Waals surface area contributed by atoms with Crippen LogP contribution in [0.2, 0.25) is 10.0 Å². The van der Waals surface area contributed by atoms with Crippen molar-refractivity contribution in [2.75, 3.05) is 6.61 Å². The highest BCUT2D eigenvalue weighted by Gasteiger charge is 2.32. The second-order valence-electron chi connectivity index (χ2n) is 12.8. The SMILES string of the molecule is CC(C)(C)c1cc(C(=O)CCOC2CC(c3ccc(Cl)cc3)SC(c3ccc(Cl)cc3)C2)cc(C(C)(C)C)c1O. The molecule has 6 heteroatoms. The number of Topliss-reactive ketones (excluding diaryl/α,β-unsaturated/α-hetero) is 1. The summed E-state index contributed by atoms with van der Waals surface area (Å²) in [4.78, 5) is 13.4. The molecule has 214 valence electrons. The summed E-state index contributed by atoms with van der Waals surface area (Å²) < 4.78 is 6.41. The smallest absolute Gasteiger partial charge is 0.165 e. The molecular formula is C34H40Cl2O3S. The molecule has 2 atom stereocenters. The zero-order valence-electron chi connectivity index (χ0n) is 24.3. The number of carbonyl (C=O) groups excluding carboxylic acids is 1. The Morgan fingerprint density at radius 2 is 1.25 bits per heavy atom. The molecule has 1 N–H and O–H groups in total. The standard InChI is InChI=1S/C34H40Cl2O3S/c1-33(2,3)27-17-23(18-28(32(27)38)34(4,5)6)29(37)15-16-39-26-19-30(21-7-11-24(35)12-8-21)40-31(20-26)22-9-13-25(36)14-10-22/h7-14,17-18,26,30-31,38H,15-16,19-20H2,1-6H3. The van der Waals surface area contributed by atoms with Gasteiger partial charge >= 0.3 is 0 Å². The molecule has 1 fully saturated rings. The molecule has 3 nitrogen and oxygen atoms in total. The predicted molar refractivity (Wildman–Crippen MR) is 169 cm³/mol. The van der Waals surface area contributed by atoms with Crippen LogP contribution in [0, 0.1) is 0 Å². The van der Waals surface area contributed by atoms with Gasteiger partial charge in [0, 0.05) is 43.7 Å². The molecule has 0 aromatic heterocycles. The number of phenols is 1. The van der Waals surface area contributed by atoms with Gasteiger partial charge in [-0.2, -0.15) is 0 Å². The van der Waals surface area contributed by atoms with E-state index in [2.05, 4.69) is 65.8 Å². The Labute approximate surface area is 253 Å². The minimum Gasteiger partial charge on any atom is -0.507 e. The first kappa shape index (κ1) is 31.0. The maximum atomic E-state index is 13.4. The van der Waals surface area contributed by atoms with Crippen molar-refractivity contribution >= 4 is 40.7 Å². The summed E-state index contributed by atoms with van der Waals surface area (Å²) in [5.41, 5.74) is 4.11. The molecule has 4 rings (SSSR count). The molecule has 0 amide bonds. The first-order valence-corrected chi connectivity index (χ1v) is 15.6. The van der Waals surface area contributed by atoms with Crippen molar-refractivity contribution in [3.8, 4) is 5.75 Å². The number of thioether (sulfide) groups is 1. The normalized spacial score (nSPS) is 19.9. The van der Waals surface area contributed by atoms with E-state index in [0.29, 0.717) is 18.6 Å². The number of rotatable bonds is 7. The summed E-state index contributed by atoms with van der Waals surface area (Å²) in [7, 11) is 0. The predicted octanol–water partition coefficient (Wildman–Crippen LogP) is 10.3. The van der Waals surface area contributed by atoms with Crippen LogP contribution in [0.5, 0.6) is 5.75 Å². The van der Waals surface area contributed by atoms with Gasteiger partial charge in [0.25, 0.3) is 0 Å². The van der Waals surface area contributed by atoms with Gasteiger partial charge in [0.1, 0.15) is 5.75 Å². The second-order valence-corrected chi connectivity index (χ2v) is 15.1. The lowest BCUT2D eigenvalue weighted by atomic mass is 9.78. The van der Waals surface area contributed by atoms with Crippen molar-refractivity contribution in [2.24, 2.45) is 0 Å². The van der Waals surface area contributed by atoms with E-state index in [9.17, 15) is 9.90 Å². The maximum Gasteiger partial charge on any atom is 0.165 e. The second kappa shape index (κ2) is 12.5. The van der Waals surface area contributed by atoms with Gasteiger partial charge in [-0.25, -0.2) is 0 Å². The van der Waals surface area contributed by atoms with E-state index in [-0.39, 0.29) is 39.0 Å². The minimum absolute atomic E-state index is 0.0190. The summed E-state index contributed by atoms with van der Waals surface area (Å²) in [5.74, 6) is 0.318. The van der Waals surface area contributed by atoms with Crippen LogP contribution in [0.15, 0.2) is 60.7 Å². The minimum atomic E-state index is -0.288. The van der Waals surface area contributed by atoms with E-state index >= 15 is 0 Å². The number of aromatic hydroxyl groups is 1. The number of hydrogen-bond acceptors (Lipinski definition) is 4. The fourth-order valence-electron chi connectivity index (χ4n) is 5.20. The molecule has 0 aliphatic carbocycles. The van der Waals surface area contributed by atoms with Crippen LogP contribution in [0.25, 0.3) is 0 Å². The van der Waals surface area contributed by atoms with Crippen molar-refractivity contribution in [2.45, 2.75) is 88.2 Å². The Kier molecular flexibility index (Phi) is 9.67. The van der Waals surface area contributed by atoms with Crippen LogP contribution in [0.4, 0.5) is 0 Å². The van der Waals surface area contributed by atoms with Gasteiger partial charge in [-0.1, -0.05) is 89.0 Å². The van der Waals surface area contributed by atoms with Gasteiger partial charge in [-0.05, 0) is 71.2 Å². The highest BCUT2D eigenvalue weighted by molar-refractivity contribution is 7.99. The fourth-order valence-corrected chi connectivity index (χ4v) is 7.13. The third-order valence-corrected chi connectivity index (χ3v) is 9.59. The molecule has 40 heavy (non-hydrogen) atoms. The summed E-state index contributed by atoms with van der Waals surface area (Å²) in [6, 6.07) is 19.8. The average Bonchev–Trinajstić information content (AvgIpc) is 2.88. The Bertz CT molecular complexity index is 1230. The molecule has 0 spiro atoms. The van der Waals surface area contributed by atoms with Crippen LogP contribution in [-0.2, 0) is 15.6 Å². The summed E-state index contributed by atoms with van der Waals surface area (Å²) in [6.45, 7) is 12.7. The van der Waals surface area contributed by atoms with E-state index in [1.807, 2.05) is 48.2 Å². The van der Waals surface area contributed by atoms with Crippen molar-refractivity contribution in [1.29, 1.82) is 0 Å². The lowest BCUT2D eigenvalue weighted by Crippen LogP contribution is -2.25. The molecule has 0 saturated carbocycles. The van der Waals surface area contributed by atoms with Gasteiger partial charge in [-0.3, -0.25) is 4.79 Å². The van der Waals surface area contributed by atoms with Gasteiger partial charge in [0.05, 0.1) is 12.7 Å². The third kappa shape index (κ3) is 7.64. The molecular weight excluding hydrogens is 559 g/mol. The van der Waals surface area contributed by atoms with Crippen LogP contribution in [0.1, 0.15) is 104 Å². The lowest BCUT2D eigenvalue weighted by Gasteiger charge is -2.35. The number of carbonyl (C=O) groups is 1. The highest BCUT2D eigenvalue weighted by Crippen LogP contribution is 2.51. The molecule has 1 saturated heterocycles. The van der Waals surface area contributed by atoms with Gasteiger partial charge in [-0.15, -0.1) is 11.8 Å². The zero-order chi connectivity index (χ0) is 29.2. The molecule has 0 radical (unpaired) electrons. The topological polar surface area (TPSA) is 46.5 Å². The first-order chi connectivity index (χ1) is 18.7. The molecule has 2 unspecified atom stereocenters. The van der Waals surface area contributed by atoms with Crippen LogP contribution in [0.3, 0.4) is 0 Å². The number of hydrogen-bond donors (Lipinski definition) is 1. The first-order valence-electron chi connectivity index (χ1n) is 13.9. The number of ether oxygens (including phenoxy) is 1. The number of halogens is 2. The highest BCUT2D eigenvalue weighted by atomic mass is 35.5. The summed E-state index contributed by atoms with van der Waals surface area (Å²) in [5, 5.41) is 13.0. The summed E-state index contributed by atoms with van der Waals surface area (Å²) >= 11 is 14.3. The number of ketones is 1. The Balaban J connectivity index is 1.50. The van der Waals surface area contributed by atoms with E-state index < -0.39 is 0 Å². The number of benzene rings is 3. The molecule has 1 heterocycles. The van der Waals surface area contributed by atoms with Gasteiger partial charge in [0.15, 0.2) is 5.78 Å². The van der Waals surface area contributed by atoms with E-state index in [1.165, 1.54) is 11.1 Å². The van der Waals surface area contributed by atoms with Crippen LogP contribution < -0.4 is 0 Å². The van der Waals surface area contributed by atoms with Crippen LogP contribution in [-0.4, -0.2) is 23.6 Å². The van der Waals surface area contributed by atoms with Crippen molar-refractivity contribution < 1.29 is 14.6 Å². The van der Waals surface area contributed by atoms with Gasteiger partial charge < -0.3 is 9.84 Å². The third-order valence-electron chi connectivity index (χ3n) is 7.50. The molecule has 3 aromatic rings. The van der Waals surface area contributed by atoms with E-state index in [0.717, 1.165) is 34.0 Å². The van der Waals surface area contributed by atoms with E-state index in [1.54, 1.807) is 0 Å². The maximum absolute atomic E-state index is 13.4. The fraction of sp³-hybridized carbons (Fsp3) is 0.441. The van der Waals surface area contributed by atoms with Crippen molar-refractivity contribution in [3.63, 3.8) is 0 Å². The summed E-state index contributed by atoms with van der Waals surface area (Å²) in [6.07, 6.45) is 2.04. The largest absolute Gasteiger partial charge is 0.507 e. The Morgan fingerprint density at radius 3 is 1.65 bits per heavy atom. The Morgan fingerprint density at radius 1 is 0.825 bits per heavy atom. The Hall–Kier alpha value is -1.98. The van der Waals surface area contributed by atoms with Crippen molar-refractivity contribution in [3.05, 3.63) is 98.5 Å². The molecule has 3 aromatic carbocycles. The van der Waals surface area contributed by atoms with Crippen molar-refractivity contribution in [1.82, 2.24) is 0 Å². The lowest BCUT2D eigenvalue weighted by molar-refractivity contribution is 0.0358. The van der Waals surface area contributed by atoms with Gasteiger partial charge in [0.2, 0.25) is 0 Å². The molecule has 0 bridgehead atoms.